The average molecular weight is 333 g/mol. The fourth-order valence-electron chi connectivity index (χ4n) is 2.59. The minimum Gasteiger partial charge on any atom is -0.462 e. The van der Waals surface area contributed by atoms with Crippen LogP contribution in [0.1, 0.15) is 43.5 Å². The number of rotatable bonds is 6. The minimum atomic E-state index is -0.567. The first kappa shape index (κ1) is 16.9. The molecule has 1 atom stereocenters. The molecule has 0 aromatic heterocycles. The molecule has 2 fully saturated rings. The zero-order chi connectivity index (χ0) is 17.2. The lowest BCUT2D eigenvalue weighted by Gasteiger charge is -2.17. The van der Waals surface area contributed by atoms with Gasteiger partial charge in [0.1, 0.15) is 0 Å². The molecule has 0 spiro atoms. The molecule has 1 heterocycles. The van der Waals surface area contributed by atoms with Crippen LogP contribution in [0.15, 0.2) is 24.3 Å². The van der Waals surface area contributed by atoms with Gasteiger partial charge in [-0.15, -0.1) is 0 Å². The highest BCUT2D eigenvalue weighted by atomic mass is 16.7. The highest BCUT2D eigenvalue weighted by Gasteiger charge is 2.32. The van der Waals surface area contributed by atoms with E-state index in [1.165, 1.54) is 0 Å². The largest absolute Gasteiger partial charge is 0.462 e. The van der Waals surface area contributed by atoms with Crippen LogP contribution in [0.25, 0.3) is 0 Å². The van der Waals surface area contributed by atoms with Crippen molar-refractivity contribution >= 4 is 17.6 Å². The van der Waals surface area contributed by atoms with Crippen molar-refractivity contribution in [2.24, 2.45) is 5.92 Å². The zero-order valence-corrected chi connectivity index (χ0v) is 14.0. The lowest BCUT2D eigenvalue weighted by Crippen LogP contribution is -2.22. The Balaban J connectivity index is 1.47. The van der Waals surface area contributed by atoms with Crippen molar-refractivity contribution in [2.45, 2.75) is 45.0 Å². The molecule has 130 valence electrons. The lowest BCUT2D eigenvalue weighted by atomic mass is 10.2. The number of amides is 1. The minimum absolute atomic E-state index is 0.0153. The summed E-state index contributed by atoms with van der Waals surface area (Å²) < 4.78 is 16.4. The second kappa shape index (κ2) is 6.91. The van der Waals surface area contributed by atoms with Gasteiger partial charge in [-0.25, -0.2) is 4.79 Å². The molecule has 1 saturated heterocycles. The molecule has 2 aliphatic rings. The first-order chi connectivity index (χ1) is 11.4. The molecule has 6 nitrogen and oxygen atoms in total. The van der Waals surface area contributed by atoms with Gasteiger partial charge in [0.05, 0.1) is 24.9 Å². The molecule has 0 bridgehead atoms. The number of esters is 1. The fraction of sp³-hybridized carbons (Fsp3) is 0.556. The predicted octanol–water partition coefficient (Wildman–Crippen LogP) is 2.73. The second-order valence-electron chi connectivity index (χ2n) is 6.72. The predicted molar refractivity (Wildman–Crippen MR) is 87.6 cm³/mol. The molecule has 1 aromatic rings. The van der Waals surface area contributed by atoms with Crippen molar-refractivity contribution in [3.63, 3.8) is 0 Å². The molecule has 24 heavy (non-hydrogen) atoms. The standard InChI is InChI=1S/C18H23NO5/c1-18(2)23-11-15(24-18)8-9-22-17(21)13-4-3-5-14(10-13)19-16(20)12-6-7-12/h3-5,10,12,15H,6-9,11H2,1-2H3,(H,19,20). The van der Waals surface area contributed by atoms with Crippen molar-refractivity contribution in [1.29, 1.82) is 0 Å². The summed E-state index contributed by atoms with van der Waals surface area (Å²) in [7, 11) is 0. The van der Waals surface area contributed by atoms with Crippen molar-refractivity contribution in [2.75, 3.05) is 18.5 Å². The van der Waals surface area contributed by atoms with Crippen molar-refractivity contribution in [1.82, 2.24) is 0 Å². The number of anilines is 1. The summed E-state index contributed by atoms with van der Waals surface area (Å²) in [6, 6.07) is 6.81. The fourth-order valence-corrected chi connectivity index (χ4v) is 2.59. The van der Waals surface area contributed by atoms with Crippen LogP contribution in [0.5, 0.6) is 0 Å². The summed E-state index contributed by atoms with van der Waals surface area (Å²) in [4.78, 5) is 23.9. The molecule has 1 aliphatic heterocycles. The van der Waals surface area contributed by atoms with Gasteiger partial charge in [-0.3, -0.25) is 4.79 Å². The van der Waals surface area contributed by atoms with Crippen LogP contribution in [-0.4, -0.2) is 37.0 Å². The number of ether oxygens (including phenoxy) is 3. The monoisotopic (exact) mass is 333 g/mol. The van der Waals surface area contributed by atoms with Gasteiger partial charge in [-0.05, 0) is 44.9 Å². The van der Waals surface area contributed by atoms with E-state index >= 15 is 0 Å². The summed E-state index contributed by atoms with van der Waals surface area (Å²) in [5, 5.41) is 2.83. The van der Waals surface area contributed by atoms with E-state index in [1.54, 1.807) is 24.3 Å². The van der Waals surface area contributed by atoms with Gasteiger partial charge in [0.15, 0.2) is 5.79 Å². The molecular weight excluding hydrogens is 310 g/mol. The maximum Gasteiger partial charge on any atom is 0.338 e. The molecule has 0 radical (unpaired) electrons. The first-order valence-electron chi connectivity index (χ1n) is 8.33. The quantitative estimate of drug-likeness (QED) is 0.810. The number of carbonyl (C=O) groups excluding carboxylic acids is 2. The Labute approximate surface area is 141 Å². The van der Waals surface area contributed by atoms with Crippen molar-refractivity contribution in [3.8, 4) is 0 Å². The summed E-state index contributed by atoms with van der Waals surface area (Å²) in [6.07, 6.45) is 2.42. The number of benzene rings is 1. The highest BCUT2D eigenvalue weighted by molar-refractivity contribution is 5.96. The van der Waals surface area contributed by atoms with E-state index in [2.05, 4.69) is 5.32 Å². The lowest BCUT2D eigenvalue weighted by molar-refractivity contribution is -0.139. The topological polar surface area (TPSA) is 73.9 Å². The van der Waals surface area contributed by atoms with Gasteiger partial charge in [-0.2, -0.15) is 0 Å². The van der Waals surface area contributed by atoms with Crippen LogP contribution in [-0.2, 0) is 19.0 Å². The molecule has 1 saturated carbocycles. The Kier molecular flexibility index (Phi) is 4.87. The Bertz CT molecular complexity index is 624. The number of hydrogen-bond acceptors (Lipinski definition) is 5. The third kappa shape index (κ3) is 4.55. The van der Waals surface area contributed by atoms with Gasteiger partial charge in [0.25, 0.3) is 0 Å². The normalized spacial score (nSPS) is 22.2. The van der Waals surface area contributed by atoms with Crippen LogP contribution < -0.4 is 5.32 Å². The molecular formula is C18H23NO5. The summed E-state index contributed by atoms with van der Waals surface area (Å²) in [6.45, 7) is 4.50. The smallest absolute Gasteiger partial charge is 0.338 e. The molecule has 3 rings (SSSR count). The first-order valence-corrected chi connectivity index (χ1v) is 8.33. The molecule has 1 unspecified atom stereocenters. The third-order valence-corrected chi connectivity index (χ3v) is 4.05. The van der Waals surface area contributed by atoms with E-state index in [4.69, 9.17) is 14.2 Å². The summed E-state index contributed by atoms with van der Waals surface area (Å²) in [5.74, 6) is -0.835. The zero-order valence-electron chi connectivity index (χ0n) is 14.0. The molecule has 1 aromatic carbocycles. The van der Waals surface area contributed by atoms with Crippen LogP contribution >= 0.6 is 0 Å². The number of carbonyl (C=O) groups is 2. The van der Waals surface area contributed by atoms with Gasteiger partial charge in [0.2, 0.25) is 5.91 Å². The molecule has 6 heteroatoms. The number of nitrogens with one attached hydrogen (secondary N) is 1. The van der Waals surface area contributed by atoms with E-state index < -0.39 is 11.8 Å². The molecule has 1 amide bonds. The van der Waals surface area contributed by atoms with Crippen LogP contribution in [0.3, 0.4) is 0 Å². The van der Waals surface area contributed by atoms with Gasteiger partial charge in [-0.1, -0.05) is 6.07 Å². The third-order valence-electron chi connectivity index (χ3n) is 4.05. The van der Waals surface area contributed by atoms with E-state index in [-0.39, 0.29) is 24.5 Å². The van der Waals surface area contributed by atoms with Gasteiger partial charge < -0.3 is 19.5 Å². The Morgan fingerprint density at radius 2 is 2.12 bits per heavy atom. The summed E-state index contributed by atoms with van der Waals surface area (Å²) >= 11 is 0. The second-order valence-corrected chi connectivity index (χ2v) is 6.72. The maximum absolute atomic E-state index is 12.1. The maximum atomic E-state index is 12.1. The number of hydrogen-bond donors (Lipinski definition) is 1. The van der Waals surface area contributed by atoms with E-state index in [0.29, 0.717) is 24.3 Å². The van der Waals surface area contributed by atoms with Crippen LogP contribution in [0, 0.1) is 5.92 Å². The molecule has 1 aliphatic carbocycles. The SMILES string of the molecule is CC1(C)OCC(CCOC(=O)c2cccc(NC(=O)C3CC3)c2)O1. The average Bonchev–Trinajstić information content (AvgIpc) is 3.32. The highest BCUT2D eigenvalue weighted by Crippen LogP contribution is 2.30. The van der Waals surface area contributed by atoms with Crippen molar-refractivity contribution < 1.29 is 23.8 Å². The van der Waals surface area contributed by atoms with Gasteiger partial charge in [0, 0.05) is 18.0 Å². The summed E-state index contributed by atoms with van der Waals surface area (Å²) in [5.41, 5.74) is 1.04. The van der Waals surface area contributed by atoms with E-state index in [0.717, 1.165) is 12.8 Å². The van der Waals surface area contributed by atoms with Crippen LogP contribution in [0.4, 0.5) is 5.69 Å². The Morgan fingerprint density at radius 3 is 2.79 bits per heavy atom. The Morgan fingerprint density at radius 1 is 1.33 bits per heavy atom. The van der Waals surface area contributed by atoms with Crippen molar-refractivity contribution in [3.05, 3.63) is 29.8 Å². The van der Waals surface area contributed by atoms with Gasteiger partial charge >= 0.3 is 5.97 Å². The van der Waals surface area contributed by atoms with E-state index in [9.17, 15) is 9.59 Å². The Hall–Kier alpha value is -1.92. The molecule has 1 N–H and O–H groups in total. The van der Waals surface area contributed by atoms with Crippen LogP contribution in [0.2, 0.25) is 0 Å². The van der Waals surface area contributed by atoms with E-state index in [1.807, 2.05) is 13.8 Å².